The van der Waals surface area contributed by atoms with Crippen LogP contribution >= 0.6 is 11.6 Å². The van der Waals surface area contributed by atoms with Crippen LogP contribution in [0.3, 0.4) is 0 Å². The third-order valence-electron chi connectivity index (χ3n) is 3.50. The van der Waals surface area contributed by atoms with E-state index < -0.39 is 0 Å². The van der Waals surface area contributed by atoms with Gasteiger partial charge in [-0.2, -0.15) is 5.26 Å². The number of rotatable bonds is 4. The molecule has 7 heteroatoms. The minimum Gasteiger partial charge on any atom is -0.495 e. The van der Waals surface area contributed by atoms with Crippen LogP contribution in [-0.4, -0.2) is 44.2 Å². The lowest BCUT2D eigenvalue weighted by Crippen LogP contribution is -2.41. The number of carbonyl (C=O) groups excluding carboxylic acids is 1. The average molecular weight is 336 g/mol. The van der Waals surface area contributed by atoms with Gasteiger partial charge >= 0.3 is 0 Å². The second-order valence-corrected chi connectivity index (χ2v) is 5.43. The highest BCUT2D eigenvalue weighted by molar-refractivity contribution is 6.31. The number of anilines is 1. The lowest BCUT2D eigenvalue weighted by atomic mass is 10.2. The molecule has 1 amide bonds. The molecule has 1 aliphatic rings. The molecule has 23 heavy (non-hydrogen) atoms. The van der Waals surface area contributed by atoms with E-state index in [1.807, 2.05) is 13.0 Å². The summed E-state index contributed by atoms with van der Waals surface area (Å²) in [6.45, 7) is 3.81. The van der Waals surface area contributed by atoms with Crippen LogP contribution in [0.4, 0.5) is 5.69 Å². The van der Waals surface area contributed by atoms with Crippen LogP contribution in [0.5, 0.6) is 5.75 Å². The maximum atomic E-state index is 12.3. The molecule has 122 valence electrons. The highest BCUT2D eigenvalue weighted by Gasteiger charge is 2.20. The molecule has 1 aromatic carbocycles. The lowest BCUT2D eigenvalue weighted by Gasteiger charge is -2.26. The molecule has 1 saturated heterocycles. The summed E-state index contributed by atoms with van der Waals surface area (Å²) < 4.78 is 10.5. The van der Waals surface area contributed by atoms with E-state index in [1.54, 1.807) is 17.0 Å². The third-order valence-corrected chi connectivity index (χ3v) is 3.91. The molecule has 0 bridgehead atoms. The summed E-state index contributed by atoms with van der Waals surface area (Å²) in [5, 5.41) is 12.8. The fourth-order valence-corrected chi connectivity index (χ4v) is 2.33. The van der Waals surface area contributed by atoms with Crippen molar-refractivity contribution in [3.05, 3.63) is 34.5 Å². The number of hydrogen-bond donors (Lipinski definition) is 1. The summed E-state index contributed by atoms with van der Waals surface area (Å²) in [4.78, 5) is 13.9. The van der Waals surface area contributed by atoms with Crippen LogP contribution in [0.1, 0.15) is 5.56 Å². The smallest absolute Gasteiger partial charge is 0.266 e. The van der Waals surface area contributed by atoms with Gasteiger partial charge in [0.2, 0.25) is 0 Å². The number of hydrogen-bond acceptors (Lipinski definition) is 5. The van der Waals surface area contributed by atoms with E-state index in [4.69, 9.17) is 21.1 Å². The fourth-order valence-electron chi connectivity index (χ4n) is 2.17. The quantitative estimate of drug-likeness (QED) is 0.675. The normalized spacial score (nSPS) is 15.0. The monoisotopic (exact) mass is 335 g/mol. The predicted octanol–water partition coefficient (Wildman–Crippen LogP) is 2.34. The number of halogens is 1. The zero-order valence-corrected chi connectivity index (χ0v) is 13.8. The minimum absolute atomic E-state index is 0.0292. The van der Waals surface area contributed by atoms with Gasteiger partial charge in [0.25, 0.3) is 5.91 Å². The largest absolute Gasteiger partial charge is 0.495 e. The van der Waals surface area contributed by atoms with Gasteiger partial charge in [0.05, 0.1) is 26.0 Å². The molecule has 1 N–H and O–H groups in total. The van der Waals surface area contributed by atoms with Crippen LogP contribution in [0, 0.1) is 18.3 Å². The molecule has 6 nitrogen and oxygen atoms in total. The van der Waals surface area contributed by atoms with Gasteiger partial charge in [0, 0.05) is 30.4 Å². The van der Waals surface area contributed by atoms with Crippen molar-refractivity contribution in [1.29, 1.82) is 5.26 Å². The molecule has 0 spiro atoms. The van der Waals surface area contributed by atoms with E-state index in [0.717, 1.165) is 5.56 Å². The summed E-state index contributed by atoms with van der Waals surface area (Å²) in [6, 6.07) is 5.41. The SMILES string of the molecule is COc1cc(Cl)c(C)cc1N/C=C(/C#N)C(=O)N1CCOCC1. The molecule has 0 atom stereocenters. The van der Waals surface area contributed by atoms with Gasteiger partial charge in [-0.25, -0.2) is 0 Å². The zero-order valence-electron chi connectivity index (χ0n) is 13.1. The minimum atomic E-state index is -0.312. The Morgan fingerprint density at radius 2 is 2.17 bits per heavy atom. The maximum absolute atomic E-state index is 12.3. The molecule has 1 heterocycles. The van der Waals surface area contributed by atoms with Gasteiger partial charge in [-0.1, -0.05) is 11.6 Å². The van der Waals surface area contributed by atoms with Crippen molar-refractivity contribution in [3.63, 3.8) is 0 Å². The number of methoxy groups -OCH3 is 1. The first-order chi connectivity index (χ1) is 11.1. The maximum Gasteiger partial charge on any atom is 0.266 e. The fraction of sp³-hybridized carbons (Fsp3) is 0.375. The van der Waals surface area contributed by atoms with E-state index in [2.05, 4.69) is 5.32 Å². The van der Waals surface area contributed by atoms with Crippen LogP contribution in [0.25, 0.3) is 0 Å². The molecule has 0 aliphatic carbocycles. The molecule has 0 radical (unpaired) electrons. The Balaban J connectivity index is 2.18. The van der Waals surface area contributed by atoms with Crippen LogP contribution in [0.2, 0.25) is 5.02 Å². The molecular formula is C16H18ClN3O3. The van der Waals surface area contributed by atoms with Gasteiger partial charge in [0.15, 0.2) is 0 Å². The second kappa shape index (κ2) is 7.86. The van der Waals surface area contributed by atoms with Gasteiger partial charge in [-0.05, 0) is 18.6 Å². The molecule has 2 rings (SSSR count). The molecule has 1 aliphatic heterocycles. The zero-order chi connectivity index (χ0) is 16.8. The van der Waals surface area contributed by atoms with Crippen molar-refractivity contribution in [3.8, 4) is 11.8 Å². The van der Waals surface area contributed by atoms with Crippen LogP contribution in [0.15, 0.2) is 23.9 Å². The van der Waals surface area contributed by atoms with E-state index in [0.29, 0.717) is 42.8 Å². The summed E-state index contributed by atoms with van der Waals surface area (Å²) >= 11 is 6.06. The van der Waals surface area contributed by atoms with Gasteiger partial charge in [-0.3, -0.25) is 4.79 Å². The van der Waals surface area contributed by atoms with E-state index in [-0.39, 0.29) is 11.5 Å². The standard InChI is InChI=1S/C16H18ClN3O3/c1-11-7-14(15(22-2)8-13(11)17)19-10-12(9-18)16(21)20-3-5-23-6-4-20/h7-8,10,19H,3-6H2,1-2H3/b12-10-. The Kier molecular flexibility index (Phi) is 5.85. The Bertz CT molecular complexity index is 661. The number of nitrogens with one attached hydrogen (secondary N) is 1. The van der Waals surface area contributed by atoms with Crippen LogP contribution in [-0.2, 0) is 9.53 Å². The van der Waals surface area contributed by atoms with Crippen molar-refractivity contribution in [2.75, 3.05) is 38.7 Å². The second-order valence-electron chi connectivity index (χ2n) is 5.02. The molecule has 1 fully saturated rings. The number of aryl methyl sites for hydroxylation is 1. The van der Waals surface area contributed by atoms with E-state index in [1.165, 1.54) is 13.3 Å². The Labute approximate surface area is 140 Å². The average Bonchev–Trinajstić information content (AvgIpc) is 2.58. The number of ether oxygens (including phenoxy) is 2. The van der Waals surface area contributed by atoms with Crippen molar-refractivity contribution in [2.24, 2.45) is 0 Å². The number of benzene rings is 1. The third kappa shape index (κ3) is 4.15. The molecule has 1 aromatic rings. The first-order valence-corrected chi connectivity index (χ1v) is 7.52. The summed E-state index contributed by atoms with van der Waals surface area (Å²) in [5.41, 5.74) is 1.53. The molecule has 0 saturated carbocycles. The van der Waals surface area contributed by atoms with Gasteiger partial charge in [0.1, 0.15) is 17.4 Å². The molecule has 0 aromatic heterocycles. The van der Waals surface area contributed by atoms with E-state index >= 15 is 0 Å². The van der Waals surface area contributed by atoms with E-state index in [9.17, 15) is 10.1 Å². The van der Waals surface area contributed by atoms with Crippen LogP contribution < -0.4 is 10.1 Å². The highest BCUT2D eigenvalue weighted by Crippen LogP contribution is 2.31. The van der Waals surface area contributed by atoms with Crippen molar-refractivity contribution in [1.82, 2.24) is 4.90 Å². The number of nitrogens with zero attached hydrogens (tertiary/aromatic N) is 2. The van der Waals surface area contributed by atoms with Gasteiger partial charge < -0.3 is 19.7 Å². The predicted molar refractivity (Wildman–Crippen MR) is 87.5 cm³/mol. The van der Waals surface area contributed by atoms with Crippen molar-refractivity contribution >= 4 is 23.2 Å². The Hall–Kier alpha value is -2.23. The highest BCUT2D eigenvalue weighted by atomic mass is 35.5. The van der Waals surface area contributed by atoms with Crippen molar-refractivity contribution < 1.29 is 14.3 Å². The van der Waals surface area contributed by atoms with Gasteiger partial charge in [-0.15, -0.1) is 0 Å². The summed E-state index contributed by atoms with van der Waals surface area (Å²) in [6.07, 6.45) is 1.39. The van der Waals surface area contributed by atoms with Crippen molar-refractivity contribution in [2.45, 2.75) is 6.92 Å². The molecule has 0 unspecified atom stereocenters. The Morgan fingerprint density at radius 3 is 2.78 bits per heavy atom. The topological polar surface area (TPSA) is 74.6 Å². The summed E-state index contributed by atoms with van der Waals surface area (Å²) in [5.74, 6) is 0.223. The number of amides is 1. The first kappa shape index (κ1) is 17.1. The molecular weight excluding hydrogens is 318 g/mol. The lowest BCUT2D eigenvalue weighted by molar-refractivity contribution is -0.130. The number of carbonyl (C=O) groups is 1. The summed E-state index contributed by atoms with van der Waals surface area (Å²) in [7, 11) is 1.53. The number of morpholine rings is 1. The number of nitriles is 1. The first-order valence-electron chi connectivity index (χ1n) is 7.14. The Morgan fingerprint density at radius 1 is 1.48 bits per heavy atom.